The van der Waals surface area contributed by atoms with E-state index in [4.69, 9.17) is 15.0 Å². The lowest BCUT2D eigenvalue weighted by atomic mass is 9.77. The first-order valence-corrected chi connectivity index (χ1v) is 8.43. The highest BCUT2D eigenvalue weighted by Gasteiger charge is 2.50. The molecule has 5 nitrogen and oxygen atoms in total. The molecule has 0 radical (unpaired) electrons. The van der Waals surface area contributed by atoms with Crippen LogP contribution in [0.4, 0.5) is 0 Å². The first-order valence-electron chi connectivity index (χ1n) is 8.43. The van der Waals surface area contributed by atoms with E-state index in [-0.39, 0.29) is 24.4 Å². The molecule has 0 aromatic rings. The van der Waals surface area contributed by atoms with E-state index in [2.05, 4.69) is 0 Å². The standard InChI is InChI=1S/C16H30BNO4/c1-14(2)15(3,4)22-17(21-14)10-6-5-8-16(13(19)20)9-7-12(18)11-16/h12H,5-11,18H2,1-4H3,(H,19,20)/t12-,16+/m1/s1. The van der Waals surface area contributed by atoms with Crippen molar-refractivity contribution in [2.75, 3.05) is 0 Å². The number of unbranched alkanes of at least 4 members (excludes halogenated alkanes) is 1. The van der Waals surface area contributed by atoms with Crippen molar-refractivity contribution < 1.29 is 19.2 Å². The highest BCUT2D eigenvalue weighted by Crippen LogP contribution is 2.43. The fourth-order valence-corrected chi connectivity index (χ4v) is 3.55. The predicted octanol–water partition coefficient (Wildman–Crippen LogP) is 2.83. The minimum Gasteiger partial charge on any atom is -0.481 e. The van der Waals surface area contributed by atoms with Crippen molar-refractivity contribution in [1.82, 2.24) is 0 Å². The van der Waals surface area contributed by atoms with Gasteiger partial charge in [-0.05, 0) is 59.7 Å². The molecule has 0 spiro atoms. The molecule has 2 atom stereocenters. The van der Waals surface area contributed by atoms with Crippen LogP contribution in [0, 0.1) is 5.41 Å². The van der Waals surface area contributed by atoms with E-state index in [1.54, 1.807) is 0 Å². The lowest BCUT2D eigenvalue weighted by Crippen LogP contribution is -2.41. The molecule has 2 fully saturated rings. The average Bonchev–Trinajstić information content (AvgIpc) is 2.85. The maximum Gasteiger partial charge on any atom is 0.457 e. The van der Waals surface area contributed by atoms with Gasteiger partial charge in [0.2, 0.25) is 0 Å². The van der Waals surface area contributed by atoms with Crippen molar-refractivity contribution >= 4 is 13.1 Å². The Morgan fingerprint density at radius 2 is 1.82 bits per heavy atom. The lowest BCUT2D eigenvalue weighted by molar-refractivity contribution is -0.149. The third kappa shape index (κ3) is 3.49. The van der Waals surface area contributed by atoms with Crippen LogP contribution in [0.25, 0.3) is 0 Å². The summed E-state index contributed by atoms with van der Waals surface area (Å²) in [4.78, 5) is 11.6. The van der Waals surface area contributed by atoms with Gasteiger partial charge in [-0.1, -0.05) is 12.8 Å². The maximum atomic E-state index is 11.6. The summed E-state index contributed by atoms with van der Waals surface area (Å²) >= 11 is 0. The van der Waals surface area contributed by atoms with Crippen LogP contribution in [-0.4, -0.2) is 35.4 Å². The fourth-order valence-electron chi connectivity index (χ4n) is 3.55. The summed E-state index contributed by atoms with van der Waals surface area (Å²) < 4.78 is 11.9. The molecular formula is C16H30BNO4. The summed E-state index contributed by atoms with van der Waals surface area (Å²) in [5, 5.41) is 9.52. The number of hydrogen-bond donors (Lipinski definition) is 2. The third-order valence-electron chi connectivity index (χ3n) is 5.75. The molecule has 3 N–H and O–H groups in total. The molecule has 1 aliphatic heterocycles. The summed E-state index contributed by atoms with van der Waals surface area (Å²) in [6.45, 7) is 8.19. The monoisotopic (exact) mass is 311 g/mol. The molecule has 6 heteroatoms. The van der Waals surface area contributed by atoms with Crippen LogP contribution in [0.5, 0.6) is 0 Å². The van der Waals surface area contributed by atoms with Crippen molar-refractivity contribution in [2.45, 2.75) is 89.8 Å². The summed E-state index contributed by atoms with van der Waals surface area (Å²) in [6.07, 6.45) is 5.46. The SMILES string of the molecule is CC1(C)OB(CCCC[C@]2(C(=O)O)CC[C@@H](N)C2)OC1(C)C. The minimum absolute atomic E-state index is 0.0409. The minimum atomic E-state index is -0.684. The Kier molecular flexibility index (Phi) is 4.95. The van der Waals surface area contributed by atoms with Gasteiger partial charge in [-0.2, -0.15) is 0 Å². The number of carboxylic acid groups (broad SMARTS) is 1. The first kappa shape index (κ1) is 17.8. The molecule has 126 valence electrons. The molecule has 0 unspecified atom stereocenters. The van der Waals surface area contributed by atoms with Crippen LogP contribution < -0.4 is 5.73 Å². The molecule has 0 aromatic heterocycles. The van der Waals surface area contributed by atoms with E-state index in [1.165, 1.54) is 0 Å². The van der Waals surface area contributed by atoms with E-state index in [0.717, 1.165) is 25.6 Å². The van der Waals surface area contributed by atoms with Crippen molar-refractivity contribution in [3.8, 4) is 0 Å². The Bertz CT molecular complexity index is 410. The van der Waals surface area contributed by atoms with Gasteiger partial charge in [-0.15, -0.1) is 0 Å². The smallest absolute Gasteiger partial charge is 0.457 e. The second kappa shape index (κ2) is 6.14. The van der Waals surface area contributed by atoms with Crippen LogP contribution in [0.2, 0.25) is 6.32 Å². The summed E-state index contributed by atoms with van der Waals surface area (Å²) in [6, 6.07) is 0.0409. The first-order chi connectivity index (χ1) is 10.1. The van der Waals surface area contributed by atoms with Gasteiger partial charge in [0, 0.05) is 6.04 Å². The predicted molar refractivity (Wildman–Crippen MR) is 86.6 cm³/mol. The van der Waals surface area contributed by atoms with Gasteiger partial charge in [0.1, 0.15) is 0 Å². The zero-order valence-corrected chi connectivity index (χ0v) is 14.4. The molecule has 22 heavy (non-hydrogen) atoms. The van der Waals surface area contributed by atoms with Crippen LogP contribution >= 0.6 is 0 Å². The molecule has 0 bridgehead atoms. The molecule has 1 saturated heterocycles. The number of rotatable bonds is 6. The van der Waals surface area contributed by atoms with Crippen LogP contribution in [-0.2, 0) is 14.1 Å². The highest BCUT2D eigenvalue weighted by molar-refractivity contribution is 6.45. The van der Waals surface area contributed by atoms with E-state index in [1.807, 2.05) is 27.7 Å². The Labute approximate surface area is 134 Å². The Morgan fingerprint density at radius 3 is 2.27 bits per heavy atom. The van der Waals surface area contributed by atoms with Crippen LogP contribution in [0.1, 0.15) is 66.2 Å². The van der Waals surface area contributed by atoms with Crippen molar-refractivity contribution in [3.63, 3.8) is 0 Å². The van der Waals surface area contributed by atoms with Crippen LogP contribution in [0.3, 0.4) is 0 Å². The second-order valence-corrected chi connectivity index (χ2v) is 8.02. The molecule has 2 aliphatic rings. The molecule has 2 rings (SSSR count). The molecule has 1 saturated carbocycles. The molecular weight excluding hydrogens is 281 g/mol. The van der Waals surface area contributed by atoms with Gasteiger partial charge in [0.05, 0.1) is 16.6 Å². The number of nitrogens with two attached hydrogens (primary N) is 1. The van der Waals surface area contributed by atoms with Crippen LogP contribution in [0.15, 0.2) is 0 Å². The van der Waals surface area contributed by atoms with E-state index in [9.17, 15) is 9.90 Å². The van der Waals surface area contributed by atoms with Crippen molar-refractivity contribution in [3.05, 3.63) is 0 Å². The molecule has 1 heterocycles. The quantitative estimate of drug-likeness (QED) is 0.582. The topological polar surface area (TPSA) is 81.8 Å². The van der Waals surface area contributed by atoms with Gasteiger partial charge in [0.25, 0.3) is 0 Å². The Balaban J connectivity index is 1.77. The summed E-state index contributed by atoms with van der Waals surface area (Å²) in [5.41, 5.74) is 4.72. The third-order valence-corrected chi connectivity index (χ3v) is 5.75. The number of hydrogen-bond acceptors (Lipinski definition) is 4. The van der Waals surface area contributed by atoms with E-state index >= 15 is 0 Å². The Morgan fingerprint density at radius 1 is 1.23 bits per heavy atom. The summed E-state index contributed by atoms with van der Waals surface area (Å²) in [5.74, 6) is -0.684. The zero-order chi connectivity index (χ0) is 16.6. The van der Waals surface area contributed by atoms with Crippen molar-refractivity contribution in [2.24, 2.45) is 11.1 Å². The van der Waals surface area contributed by atoms with E-state index in [0.29, 0.717) is 19.3 Å². The van der Waals surface area contributed by atoms with Gasteiger partial charge < -0.3 is 20.1 Å². The van der Waals surface area contributed by atoms with E-state index < -0.39 is 11.4 Å². The summed E-state index contributed by atoms with van der Waals surface area (Å²) in [7, 11) is -0.184. The zero-order valence-electron chi connectivity index (χ0n) is 14.4. The number of carboxylic acids is 1. The normalized spacial score (nSPS) is 33.3. The highest BCUT2D eigenvalue weighted by atomic mass is 16.7. The van der Waals surface area contributed by atoms with Gasteiger partial charge >= 0.3 is 13.1 Å². The number of aliphatic carboxylic acids is 1. The molecule has 1 aliphatic carbocycles. The lowest BCUT2D eigenvalue weighted by Gasteiger charge is -2.32. The fraction of sp³-hybridized carbons (Fsp3) is 0.938. The van der Waals surface area contributed by atoms with Gasteiger partial charge in [-0.3, -0.25) is 4.79 Å². The van der Waals surface area contributed by atoms with Gasteiger partial charge in [-0.25, -0.2) is 0 Å². The van der Waals surface area contributed by atoms with Crippen molar-refractivity contribution in [1.29, 1.82) is 0 Å². The largest absolute Gasteiger partial charge is 0.481 e. The maximum absolute atomic E-state index is 11.6. The number of carbonyl (C=O) groups is 1. The van der Waals surface area contributed by atoms with Gasteiger partial charge in [0.15, 0.2) is 0 Å². The average molecular weight is 311 g/mol. The second-order valence-electron chi connectivity index (χ2n) is 8.02. The Hall–Kier alpha value is -0.585. The molecule has 0 amide bonds. The molecule has 0 aromatic carbocycles.